The molecule has 0 saturated carbocycles. The van der Waals surface area contributed by atoms with E-state index in [1.807, 2.05) is 0 Å². The highest BCUT2D eigenvalue weighted by atomic mass is 32.2. The van der Waals surface area contributed by atoms with Crippen molar-refractivity contribution in [2.75, 3.05) is 10.5 Å². The molecule has 0 saturated heterocycles. The van der Waals surface area contributed by atoms with Crippen LogP contribution in [0.1, 0.15) is 16.7 Å². The Balaban J connectivity index is 2.46. The molecule has 0 aromatic heterocycles. The number of sulfonamides is 1. The maximum atomic E-state index is 12.5. The molecule has 0 bridgehead atoms. The monoisotopic (exact) mass is 300 g/mol. The number of hydrogen-bond donors (Lipinski definition) is 2. The van der Waals surface area contributed by atoms with Gasteiger partial charge in [-0.15, -0.1) is 6.42 Å². The molecule has 0 heterocycles. The number of aryl methyl sites for hydroxylation is 1. The van der Waals surface area contributed by atoms with Gasteiger partial charge in [0.15, 0.2) is 0 Å². The fourth-order valence-electron chi connectivity index (χ4n) is 2.01. The fourth-order valence-corrected chi connectivity index (χ4v) is 3.42. The van der Waals surface area contributed by atoms with Crippen molar-refractivity contribution in [3.05, 3.63) is 53.1 Å². The number of benzene rings is 2. The van der Waals surface area contributed by atoms with E-state index >= 15 is 0 Å². The lowest BCUT2D eigenvalue weighted by atomic mass is 10.1. The summed E-state index contributed by atoms with van der Waals surface area (Å²) in [7, 11) is -3.71. The lowest BCUT2D eigenvalue weighted by Gasteiger charge is -2.13. The van der Waals surface area contributed by atoms with Gasteiger partial charge in [0, 0.05) is 11.3 Å². The average Bonchev–Trinajstić information content (AvgIpc) is 2.42. The Labute approximate surface area is 125 Å². The molecule has 0 atom stereocenters. The van der Waals surface area contributed by atoms with Crippen molar-refractivity contribution < 1.29 is 8.42 Å². The molecule has 2 aromatic carbocycles. The first-order valence-electron chi connectivity index (χ1n) is 6.29. The Hall–Kier alpha value is -2.45. The van der Waals surface area contributed by atoms with E-state index in [1.165, 1.54) is 0 Å². The van der Waals surface area contributed by atoms with Crippen LogP contribution in [0.15, 0.2) is 41.3 Å². The number of rotatable bonds is 3. The van der Waals surface area contributed by atoms with Crippen molar-refractivity contribution in [1.29, 1.82) is 0 Å². The number of nitrogens with one attached hydrogen (secondary N) is 1. The van der Waals surface area contributed by atoms with Gasteiger partial charge in [0.1, 0.15) is 0 Å². The molecular formula is C16H16N2O2S. The number of hydrogen-bond acceptors (Lipinski definition) is 3. The first kappa shape index (κ1) is 14.9. The van der Waals surface area contributed by atoms with E-state index < -0.39 is 10.0 Å². The largest absolute Gasteiger partial charge is 0.398 e. The zero-order chi connectivity index (χ0) is 15.6. The maximum Gasteiger partial charge on any atom is 0.262 e. The molecule has 0 fully saturated rings. The van der Waals surface area contributed by atoms with Crippen LogP contribution >= 0.6 is 0 Å². The first-order valence-corrected chi connectivity index (χ1v) is 7.78. The van der Waals surface area contributed by atoms with Crippen LogP contribution in [0.2, 0.25) is 0 Å². The second-order valence-electron chi connectivity index (χ2n) is 4.81. The van der Waals surface area contributed by atoms with E-state index in [2.05, 4.69) is 10.6 Å². The van der Waals surface area contributed by atoms with Crippen molar-refractivity contribution in [3.8, 4) is 12.3 Å². The van der Waals surface area contributed by atoms with Gasteiger partial charge < -0.3 is 5.73 Å². The molecule has 0 spiro atoms. The molecule has 4 nitrogen and oxygen atoms in total. The molecular weight excluding hydrogens is 284 g/mol. The molecule has 0 amide bonds. The summed E-state index contributed by atoms with van der Waals surface area (Å²) in [6, 6.07) is 10.0. The first-order chi connectivity index (χ1) is 9.83. The van der Waals surface area contributed by atoms with E-state index in [9.17, 15) is 8.42 Å². The Kier molecular flexibility index (Phi) is 3.92. The normalized spacial score (nSPS) is 10.9. The summed E-state index contributed by atoms with van der Waals surface area (Å²) < 4.78 is 27.5. The fraction of sp³-hybridized carbons (Fsp3) is 0.125. The minimum absolute atomic E-state index is 0.172. The predicted octanol–water partition coefficient (Wildman–Crippen LogP) is 2.67. The van der Waals surface area contributed by atoms with Crippen molar-refractivity contribution in [2.24, 2.45) is 0 Å². The smallest absolute Gasteiger partial charge is 0.262 e. The van der Waals surface area contributed by atoms with Crippen LogP contribution in [0.5, 0.6) is 0 Å². The summed E-state index contributed by atoms with van der Waals surface area (Å²) in [5.74, 6) is 2.47. The van der Waals surface area contributed by atoms with Crippen molar-refractivity contribution in [2.45, 2.75) is 18.7 Å². The highest BCUT2D eigenvalue weighted by Gasteiger charge is 2.19. The number of nitrogens with two attached hydrogens (primary N) is 1. The van der Waals surface area contributed by atoms with Crippen LogP contribution < -0.4 is 10.5 Å². The molecule has 0 aliphatic rings. The van der Waals surface area contributed by atoms with Crippen molar-refractivity contribution in [3.63, 3.8) is 0 Å². The zero-order valence-electron chi connectivity index (χ0n) is 11.8. The number of anilines is 2. The van der Waals surface area contributed by atoms with Crippen LogP contribution in [0, 0.1) is 26.2 Å². The molecule has 5 heteroatoms. The predicted molar refractivity (Wildman–Crippen MR) is 85.5 cm³/mol. The molecule has 3 N–H and O–H groups in total. The zero-order valence-corrected chi connectivity index (χ0v) is 12.7. The molecule has 2 rings (SSSR count). The lowest BCUT2D eigenvalue weighted by Crippen LogP contribution is -2.15. The van der Waals surface area contributed by atoms with Gasteiger partial charge >= 0.3 is 0 Å². The SMILES string of the molecule is C#Cc1cccc(NS(=O)(=O)c2cc(C)cc(N)c2C)c1. The third kappa shape index (κ3) is 3.18. The third-order valence-corrected chi connectivity index (χ3v) is 4.62. The van der Waals surface area contributed by atoms with Gasteiger partial charge in [0.05, 0.1) is 10.6 Å². The van der Waals surface area contributed by atoms with Crippen LogP contribution in [-0.4, -0.2) is 8.42 Å². The summed E-state index contributed by atoms with van der Waals surface area (Å²) in [4.78, 5) is 0.172. The second kappa shape index (κ2) is 5.51. The summed E-state index contributed by atoms with van der Waals surface area (Å²) in [5.41, 5.74) is 8.64. The maximum absolute atomic E-state index is 12.5. The second-order valence-corrected chi connectivity index (χ2v) is 6.46. The van der Waals surface area contributed by atoms with Crippen LogP contribution in [-0.2, 0) is 10.0 Å². The van der Waals surface area contributed by atoms with Crippen LogP contribution in [0.3, 0.4) is 0 Å². The lowest BCUT2D eigenvalue weighted by molar-refractivity contribution is 0.600. The minimum Gasteiger partial charge on any atom is -0.398 e. The average molecular weight is 300 g/mol. The molecule has 2 aromatic rings. The molecule has 0 unspecified atom stereocenters. The van der Waals surface area contributed by atoms with Crippen LogP contribution in [0.4, 0.5) is 11.4 Å². The van der Waals surface area contributed by atoms with Crippen LogP contribution in [0.25, 0.3) is 0 Å². The summed E-state index contributed by atoms with van der Waals surface area (Å²) in [6.45, 7) is 3.48. The molecule has 0 aliphatic heterocycles. The topological polar surface area (TPSA) is 72.2 Å². The van der Waals surface area contributed by atoms with Gasteiger partial charge in [0.25, 0.3) is 10.0 Å². The minimum atomic E-state index is -3.71. The van der Waals surface area contributed by atoms with Gasteiger partial charge in [-0.1, -0.05) is 12.0 Å². The quantitative estimate of drug-likeness (QED) is 0.676. The van der Waals surface area contributed by atoms with E-state index in [0.29, 0.717) is 22.5 Å². The van der Waals surface area contributed by atoms with Gasteiger partial charge in [-0.2, -0.15) is 0 Å². The molecule has 0 aliphatic carbocycles. The van der Waals surface area contributed by atoms with E-state index in [1.54, 1.807) is 50.2 Å². The van der Waals surface area contributed by atoms with Gasteiger partial charge in [0.2, 0.25) is 0 Å². The van der Waals surface area contributed by atoms with Gasteiger partial charge in [-0.3, -0.25) is 4.72 Å². The Morgan fingerprint density at radius 2 is 1.90 bits per heavy atom. The molecule has 108 valence electrons. The highest BCUT2D eigenvalue weighted by Crippen LogP contribution is 2.25. The van der Waals surface area contributed by atoms with E-state index in [-0.39, 0.29) is 4.90 Å². The van der Waals surface area contributed by atoms with Crippen molar-refractivity contribution >= 4 is 21.4 Å². The Bertz CT molecular complexity index is 834. The number of terminal acetylenes is 1. The van der Waals surface area contributed by atoms with E-state index in [0.717, 1.165) is 5.56 Å². The summed E-state index contributed by atoms with van der Waals surface area (Å²) in [5, 5.41) is 0. The Morgan fingerprint density at radius 1 is 1.19 bits per heavy atom. The van der Waals surface area contributed by atoms with E-state index in [4.69, 9.17) is 12.2 Å². The number of nitrogen functional groups attached to an aromatic ring is 1. The highest BCUT2D eigenvalue weighted by molar-refractivity contribution is 7.92. The third-order valence-electron chi connectivity index (χ3n) is 3.12. The van der Waals surface area contributed by atoms with Crippen molar-refractivity contribution in [1.82, 2.24) is 0 Å². The standard InChI is InChI=1S/C16H16N2O2S/c1-4-13-6-5-7-14(10-13)18-21(19,20)16-9-11(2)8-15(17)12(16)3/h1,5-10,18H,17H2,2-3H3. The summed E-state index contributed by atoms with van der Waals surface area (Å²) in [6.07, 6.45) is 5.31. The molecule has 0 radical (unpaired) electrons. The molecule has 21 heavy (non-hydrogen) atoms. The van der Waals surface area contributed by atoms with Gasteiger partial charge in [-0.05, 0) is 55.3 Å². The van der Waals surface area contributed by atoms with Gasteiger partial charge in [-0.25, -0.2) is 8.42 Å². The Morgan fingerprint density at radius 3 is 2.57 bits per heavy atom. The summed E-state index contributed by atoms with van der Waals surface area (Å²) >= 11 is 0.